The number of benzene rings is 1. The summed E-state index contributed by atoms with van der Waals surface area (Å²) < 4.78 is 10.3. The number of aryl methyl sites for hydroxylation is 1. The maximum Gasteiger partial charge on any atom is 0.259 e. The lowest BCUT2D eigenvalue weighted by molar-refractivity contribution is 0.0145. The third kappa shape index (κ3) is 2.21. The van der Waals surface area contributed by atoms with Crippen LogP contribution >= 0.6 is 0 Å². The van der Waals surface area contributed by atoms with Crippen LogP contribution in [0.5, 0.6) is 0 Å². The number of aromatic nitrogens is 3. The van der Waals surface area contributed by atoms with Gasteiger partial charge in [0, 0.05) is 18.9 Å². The molecule has 6 nitrogen and oxygen atoms in total. The van der Waals surface area contributed by atoms with Crippen LogP contribution in [0.1, 0.15) is 34.3 Å². The summed E-state index contributed by atoms with van der Waals surface area (Å²) in [7, 11) is 0. The van der Waals surface area contributed by atoms with Gasteiger partial charge in [0.1, 0.15) is 5.76 Å². The van der Waals surface area contributed by atoms with Crippen molar-refractivity contribution in [2.75, 3.05) is 0 Å². The van der Waals surface area contributed by atoms with E-state index in [1.54, 1.807) is 0 Å². The molecular formula is C16H15N3O3. The van der Waals surface area contributed by atoms with Gasteiger partial charge in [-0.15, -0.1) is 0 Å². The van der Waals surface area contributed by atoms with Gasteiger partial charge in [-0.3, -0.25) is 0 Å². The third-order valence-electron chi connectivity index (χ3n) is 3.97. The molecule has 0 fully saturated rings. The van der Waals surface area contributed by atoms with E-state index in [0.29, 0.717) is 25.1 Å². The van der Waals surface area contributed by atoms with E-state index in [1.165, 1.54) is 0 Å². The summed E-state index contributed by atoms with van der Waals surface area (Å²) in [5.41, 5.74) is 1.87. The first-order valence-electron chi connectivity index (χ1n) is 7.17. The standard InChI is InChI=1S/C16H15N3O3/c1-10-6-13(18-21-10)7-14-17-15(22-19-14)16(20)8-11-4-2-3-5-12(11)9-16/h2-6,20H,7-9H2,1H3. The van der Waals surface area contributed by atoms with E-state index < -0.39 is 5.60 Å². The summed E-state index contributed by atoms with van der Waals surface area (Å²) in [5, 5.41) is 18.7. The molecule has 0 unspecified atom stereocenters. The molecule has 0 radical (unpaired) electrons. The summed E-state index contributed by atoms with van der Waals surface area (Å²) in [6.45, 7) is 1.83. The Morgan fingerprint density at radius 1 is 1.14 bits per heavy atom. The molecule has 112 valence electrons. The lowest BCUT2D eigenvalue weighted by Crippen LogP contribution is -2.26. The predicted octanol–water partition coefficient (Wildman–Crippen LogP) is 1.94. The van der Waals surface area contributed by atoms with Gasteiger partial charge in [0.25, 0.3) is 5.89 Å². The average Bonchev–Trinajstić information content (AvgIpc) is 3.18. The molecule has 1 aliphatic rings. The summed E-state index contributed by atoms with van der Waals surface area (Å²) in [6, 6.07) is 9.80. The van der Waals surface area contributed by atoms with Crippen molar-refractivity contribution >= 4 is 0 Å². The molecule has 4 rings (SSSR count). The van der Waals surface area contributed by atoms with Crippen molar-refractivity contribution in [1.82, 2.24) is 15.3 Å². The van der Waals surface area contributed by atoms with Gasteiger partial charge in [-0.2, -0.15) is 4.98 Å². The van der Waals surface area contributed by atoms with Crippen molar-refractivity contribution in [2.24, 2.45) is 0 Å². The Morgan fingerprint density at radius 3 is 2.50 bits per heavy atom. The van der Waals surface area contributed by atoms with Gasteiger partial charge in [0.15, 0.2) is 11.4 Å². The number of aliphatic hydroxyl groups is 1. The quantitative estimate of drug-likeness (QED) is 0.795. The van der Waals surface area contributed by atoms with Gasteiger partial charge in [-0.1, -0.05) is 34.6 Å². The molecule has 22 heavy (non-hydrogen) atoms. The molecule has 0 atom stereocenters. The van der Waals surface area contributed by atoms with Gasteiger partial charge in [0.2, 0.25) is 0 Å². The summed E-state index contributed by atoms with van der Waals surface area (Å²) >= 11 is 0. The fourth-order valence-corrected chi connectivity index (χ4v) is 2.92. The average molecular weight is 297 g/mol. The minimum absolute atomic E-state index is 0.263. The molecule has 0 saturated carbocycles. The zero-order chi connectivity index (χ0) is 15.2. The van der Waals surface area contributed by atoms with Crippen molar-refractivity contribution in [3.05, 3.63) is 64.6 Å². The fraction of sp³-hybridized carbons (Fsp3) is 0.312. The Kier molecular flexibility index (Phi) is 2.87. The van der Waals surface area contributed by atoms with Crippen LogP contribution in [0.3, 0.4) is 0 Å². The van der Waals surface area contributed by atoms with Crippen LogP contribution in [0.2, 0.25) is 0 Å². The number of hydrogen-bond donors (Lipinski definition) is 1. The van der Waals surface area contributed by atoms with Crippen LogP contribution in [0.15, 0.2) is 39.4 Å². The van der Waals surface area contributed by atoms with Crippen LogP contribution < -0.4 is 0 Å². The highest BCUT2D eigenvalue weighted by Gasteiger charge is 2.41. The van der Waals surface area contributed by atoms with Gasteiger partial charge in [-0.05, 0) is 18.1 Å². The number of fused-ring (bicyclic) bond motifs is 1. The largest absolute Gasteiger partial charge is 0.379 e. The topological polar surface area (TPSA) is 85.2 Å². The second-order valence-corrected chi connectivity index (χ2v) is 5.78. The first-order chi connectivity index (χ1) is 10.6. The molecule has 1 N–H and O–H groups in total. The maximum absolute atomic E-state index is 10.8. The molecule has 2 aromatic heterocycles. The van der Waals surface area contributed by atoms with E-state index in [-0.39, 0.29) is 5.89 Å². The van der Waals surface area contributed by atoms with Crippen LogP contribution in [-0.2, 0) is 24.9 Å². The van der Waals surface area contributed by atoms with E-state index in [1.807, 2.05) is 37.3 Å². The lowest BCUT2D eigenvalue weighted by atomic mass is 10.0. The van der Waals surface area contributed by atoms with Gasteiger partial charge in [0.05, 0.1) is 12.1 Å². The highest BCUT2D eigenvalue weighted by molar-refractivity contribution is 5.36. The molecule has 0 aliphatic heterocycles. The van der Waals surface area contributed by atoms with E-state index in [0.717, 1.165) is 22.6 Å². The number of hydrogen-bond acceptors (Lipinski definition) is 6. The number of nitrogens with zero attached hydrogens (tertiary/aromatic N) is 3. The monoisotopic (exact) mass is 297 g/mol. The van der Waals surface area contributed by atoms with Crippen molar-refractivity contribution in [2.45, 2.75) is 31.8 Å². The minimum atomic E-state index is -1.12. The second-order valence-electron chi connectivity index (χ2n) is 5.78. The molecule has 3 aromatic rings. The first-order valence-corrected chi connectivity index (χ1v) is 7.17. The zero-order valence-electron chi connectivity index (χ0n) is 12.1. The Labute approximate surface area is 126 Å². The maximum atomic E-state index is 10.8. The molecular weight excluding hydrogens is 282 g/mol. The molecule has 0 saturated heterocycles. The van der Waals surface area contributed by atoms with Gasteiger partial charge < -0.3 is 14.2 Å². The van der Waals surface area contributed by atoms with E-state index >= 15 is 0 Å². The van der Waals surface area contributed by atoms with Crippen molar-refractivity contribution in [3.8, 4) is 0 Å². The van der Waals surface area contributed by atoms with Crippen LogP contribution in [0.4, 0.5) is 0 Å². The van der Waals surface area contributed by atoms with Crippen molar-refractivity contribution in [1.29, 1.82) is 0 Å². The van der Waals surface area contributed by atoms with Gasteiger partial charge in [-0.25, -0.2) is 0 Å². The summed E-state index contributed by atoms with van der Waals surface area (Å²) in [6.07, 6.45) is 1.41. The Bertz CT molecular complexity index is 796. The normalized spacial score (nSPS) is 15.9. The summed E-state index contributed by atoms with van der Waals surface area (Å²) in [4.78, 5) is 4.34. The highest BCUT2D eigenvalue weighted by atomic mass is 16.5. The van der Waals surface area contributed by atoms with E-state index in [4.69, 9.17) is 9.05 Å². The smallest absolute Gasteiger partial charge is 0.259 e. The second kappa shape index (κ2) is 4.78. The van der Waals surface area contributed by atoms with Gasteiger partial charge >= 0.3 is 0 Å². The SMILES string of the molecule is Cc1cc(Cc2noc(C3(O)Cc4ccccc4C3)n2)no1. The number of rotatable bonds is 3. The minimum Gasteiger partial charge on any atom is -0.379 e. The van der Waals surface area contributed by atoms with Crippen LogP contribution in [0, 0.1) is 6.92 Å². The molecule has 1 aliphatic carbocycles. The van der Waals surface area contributed by atoms with Crippen LogP contribution in [0.25, 0.3) is 0 Å². The van der Waals surface area contributed by atoms with Crippen LogP contribution in [-0.4, -0.2) is 20.4 Å². The molecule has 1 aromatic carbocycles. The molecule has 0 amide bonds. The fourth-order valence-electron chi connectivity index (χ4n) is 2.92. The summed E-state index contributed by atoms with van der Waals surface area (Å²) in [5.74, 6) is 1.50. The zero-order valence-corrected chi connectivity index (χ0v) is 12.1. The highest BCUT2D eigenvalue weighted by Crippen LogP contribution is 2.36. The van der Waals surface area contributed by atoms with E-state index in [9.17, 15) is 5.11 Å². The predicted molar refractivity (Wildman–Crippen MR) is 76.1 cm³/mol. The Balaban J connectivity index is 1.57. The first kappa shape index (κ1) is 13.2. The van der Waals surface area contributed by atoms with Crippen molar-refractivity contribution < 1.29 is 14.2 Å². The Morgan fingerprint density at radius 2 is 1.86 bits per heavy atom. The third-order valence-corrected chi connectivity index (χ3v) is 3.97. The molecule has 2 heterocycles. The van der Waals surface area contributed by atoms with Crippen molar-refractivity contribution in [3.63, 3.8) is 0 Å². The molecule has 6 heteroatoms. The molecule has 0 spiro atoms. The lowest BCUT2D eigenvalue weighted by Gasteiger charge is -2.16. The Hall–Kier alpha value is -2.47. The van der Waals surface area contributed by atoms with E-state index in [2.05, 4.69) is 15.3 Å². The molecule has 0 bridgehead atoms.